The molecule has 3 N–H and O–H groups in total. The molecule has 4 rings (SSSR count). The van der Waals surface area contributed by atoms with E-state index in [1.807, 2.05) is 0 Å². The Morgan fingerprint density at radius 2 is 1.53 bits per heavy atom. The van der Waals surface area contributed by atoms with Gasteiger partial charge in [-0.25, -0.2) is 27.3 Å². The number of imidazole rings is 1. The van der Waals surface area contributed by atoms with Crippen molar-refractivity contribution in [3.63, 3.8) is 0 Å². The summed E-state index contributed by atoms with van der Waals surface area (Å²) >= 11 is 0. The molecule has 0 saturated heterocycles. The molecule has 0 radical (unpaired) electrons. The fourth-order valence-corrected chi connectivity index (χ4v) is 3.89. The van der Waals surface area contributed by atoms with Crippen LogP contribution in [0.4, 0.5) is 8.78 Å². The first-order valence-electron chi connectivity index (χ1n) is 9.25. The van der Waals surface area contributed by atoms with Gasteiger partial charge < -0.3 is 4.98 Å². The number of aromatic nitrogens is 2. The van der Waals surface area contributed by atoms with E-state index >= 15 is 0 Å². The Morgan fingerprint density at radius 1 is 0.875 bits per heavy atom. The van der Waals surface area contributed by atoms with Crippen LogP contribution in [-0.2, 0) is 10.0 Å². The van der Waals surface area contributed by atoms with E-state index in [0.29, 0.717) is 17.1 Å². The Kier molecular flexibility index (Phi) is 5.41. The summed E-state index contributed by atoms with van der Waals surface area (Å²) in [7, 11) is -4.11. The van der Waals surface area contributed by atoms with E-state index in [1.54, 1.807) is 24.3 Å². The molecule has 0 aliphatic rings. The highest BCUT2D eigenvalue weighted by atomic mass is 32.2. The number of nitrogens with one attached hydrogen (secondary N) is 1. The molecular weight excluding hydrogens is 440 g/mol. The highest BCUT2D eigenvalue weighted by Gasteiger charge is 2.34. The maximum atomic E-state index is 13.7. The lowest BCUT2D eigenvalue weighted by Gasteiger charge is -2.14. The summed E-state index contributed by atoms with van der Waals surface area (Å²) in [6, 6.07) is 13.9. The van der Waals surface area contributed by atoms with Crippen molar-refractivity contribution in [2.75, 3.05) is 0 Å². The van der Waals surface area contributed by atoms with Crippen molar-refractivity contribution in [1.82, 2.24) is 9.97 Å². The molecule has 10 heteroatoms. The molecule has 0 aliphatic heterocycles. The summed E-state index contributed by atoms with van der Waals surface area (Å²) in [4.78, 5) is 33.5. The van der Waals surface area contributed by atoms with Crippen LogP contribution in [0, 0.1) is 11.6 Å². The molecule has 0 spiro atoms. The number of H-pyrrole nitrogens is 1. The van der Waals surface area contributed by atoms with Crippen LogP contribution in [0.3, 0.4) is 0 Å². The molecule has 0 saturated carbocycles. The van der Waals surface area contributed by atoms with Gasteiger partial charge in [-0.3, -0.25) is 9.59 Å². The van der Waals surface area contributed by atoms with Crippen molar-refractivity contribution >= 4 is 32.6 Å². The van der Waals surface area contributed by atoms with Gasteiger partial charge in [-0.15, -0.1) is 0 Å². The molecule has 0 aliphatic carbocycles. The Hall–Kier alpha value is -3.76. The number of hydrogen-bond donors (Lipinski definition) is 2. The van der Waals surface area contributed by atoms with Crippen LogP contribution >= 0.6 is 0 Å². The molecule has 3 aromatic carbocycles. The number of nitrogens with two attached hydrogens (primary N) is 1. The third-order valence-electron chi connectivity index (χ3n) is 4.80. The smallest absolute Gasteiger partial charge is 0.238 e. The third kappa shape index (κ3) is 4.18. The number of sulfonamides is 1. The number of Topliss-reactive ketones (excluding diaryl/α,β-unsaturated/α-hetero) is 2. The van der Waals surface area contributed by atoms with Gasteiger partial charge in [0.25, 0.3) is 0 Å². The van der Waals surface area contributed by atoms with E-state index in [1.165, 1.54) is 18.2 Å². The van der Waals surface area contributed by atoms with Gasteiger partial charge in [-0.2, -0.15) is 0 Å². The van der Waals surface area contributed by atoms with Crippen LogP contribution in [0.2, 0.25) is 0 Å². The summed E-state index contributed by atoms with van der Waals surface area (Å²) in [5.74, 6) is -5.36. The fraction of sp³-hybridized carbons (Fsp3) is 0.0455. The van der Waals surface area contributed by atoms with Crippen molar-refractivity contribution in [3.8, 4) is 0 Å². The van der Waals surface area contributed by atoms with Gasteiger partial charge in [0.15, 0.2) is 11.6 Å². The van der Waals surface area contributed by atoms with Crippen molar-refractivity contribution in [3.05, 3.63) is 95.3 Å². The number of rotatable bonds is 6. The standard InChI is InChI=1S/C22H15F2N3O4S/c23-14-8-13(9-15(24)11-14)21(29)19(22-26-17-6-1-2-7-18(17)27-22)20(28)12-4-3-5-16(10-12)32(25,30)31/h1-11,19H,(H,26,27)(H2,25,30,31). The maximum absolute atomic E-state index is 13.7. The Morgan fingerprint density at radius 3 is 2.19 bits per heavy atom. The number of ketones is 2. The highest BCUT2D eigenvalue weighted by Crippen LogP contribution is 2.27. The molecule has 162 valence electrons. The summed E-state index contributed by atoms with van der Waals surface area (Å²) < 4.78 is 50.9. The minimum atomic E-state index is -4.11. The zero-order valence-corrected chi connectivity index (χ0v) is 17.1. The van der Waals surface area contributed by atoms with Gasteiger partial charge in [-0.05, 0) is 36.4 Å². The molecule has 0 amide bonds. The topological polar surface area (TPSA) is 123 Å². The van der Waals surface area contributed by atoms with Crippen molar-refractivity contribution in [1.29, 1.82) is 0 Å². The van der Waals surface area contributed by atoms with Gasteiger partial charge >= 0.3 is 0 Å². The number of carbonyl (C=O) groups is 2. The molecule has 1 unspecified atom stereocenters. The Bertz CT molecular complexity index is 1430. The summed E-state index contributed by atoms with van der Waals surface area (Å²) in [6.07, 6.45) is 0. The number of aromatic amines is 1. The van der Waals surface area contributed by atoms with E-state index in [9.17, 15) is 26.8 Å². The lowest BCUT2D eigenvalue weighted by molar-refractivity contribution is 0.0855. The minimum Gasteiger partial charge on any atom is -0.341 e. The van der Waals surface area contributed by atoms with Crippen LogP contribution in [-0.4, -0.2) is 30.0 Å². The summed E-state index contributed by atoms with van der Waals surface area (Å²) in [5, 5.41) is 5.14. The van der Waals surface area contributed by atoms with Gasteiger partial charge in [0.05, 0.1) is 15.9 Å². The van der Waals surface area contributed by atoms with E-state index in [-0.39, 0.29) is 21.8 Å². The Balaban J connectivity index is 1.87. The normalized spacial score (nSPS) is 12.6. The fourth-order valence-electron chi connectivity index (χ4n) is 3.33. The van der Waals surface area contributed by atoms with E-state index < -0.39 is 39.1 Å². The predicted molar refractivity (Wildman–Crippen MR) is 112 cm³/mol. The largest absolute Gasteiger partial charge is 0.341 e. The van der Waals surface area contributed by atoms with Gasteiger partial charge in [-0.1, -0.05) is 24.3 Å². The second-order valence-corrected chi connectivity index (χ2v) is 8.59. The number of para-hydroxylation sites is 2. The molecule has 0 fully saturated rings. The number of hydrogen-bond acceptors (Lipinski definition) is 5. The second-order valence-electron chi connectivity index (χ2n) is 7.03. The van der Waals surface area contributed by atoms with Crippen LogP contribution in [0.25, 0.3) is 11.0 Å². The number of benzene rings is 3. The summed E-state index contributed by atoms with van der Waals surface area (Å²) in [6.45, 7) is 0. The molecule has 1 atom stereocenters. The quantitative estimate of drug-likeness (QED) is 0.341. The van der Waals surface area contributed by atoms with Crippen LogP contribution < -0.4 is 5.14 Å². The number of carbonyl (C=O) groups excluding carboxylic acids is 2. The molecule has 0 bridgehead atoms. The van der Waals surface area contributed by atoms with E-state index in [2.05, 4.69) is 9.97 Å². The Labute approximate surface area is 181 Å². The first kappa shape index (κ1) is 21.5. The monoisotopic (exact) mass is 455 g/mol. The van der Waals surface area contributed by atoms with Crippen LogP contribution in [0.5, 0.6) is 0 Å². The highest BCUT2D eigenvalue weighted by molar-refractivity contribution is 7.89. The first-order valence-corrected chi connectivity index (χ1v) is 10.8. The number of primary sulfonamides is 1. The number of fused-ring (bicyclic) bond motifs is 1. The van der Waals surface area contributed by atoms with Crippen molar-refractivity contribution in [2.24, 2.45) is 5.14 Å². The third-order valence-corrected chi connectivity index (χ3v) is 5.71. The summed E-state index contributed by atoms with van der Waals surface area (Å²) in [5.41, 5.74) is 0.504. The number of nitrogens with zero attached hydrogens (tertiary/aromatic N) is 1. The van der Waals surface area contributed by atoms with Gasteiger partial charge in [0.2, 0.25) is 10.0 Å². The van der Waals surface area contributed by atoms with Gasteiger partial charge in [0, 0.05) is 17.2 Å². The average Bonchev–Trinajstić information content (AvgIpc) is 3.16. The SMILES string of the molecule is NS(=O)(=O)c1cccc(C(=O)C(C(=O)c2cc(F)cc(F)c2)c2nc3ccccc3[nH]2)c1. The van der Waals surface area contributed by atoms with Crippen molar-refractivity contribution < 1.29 is 26.8 Å². The molecule has 7 nitrogen and oxygen atoms in total. The molecule has 1 aromatic heterocycles. The van der Waals surface area contributed by atoms with Gasteiger partial charge in [0.1, 0.15) is 23.4 Å². The van der Waals surface area contributed by atoms with E-state index in [4.69, 9.17) is 5.14 Å². The zero-order chi connectivity index (χ0) is 23.0. The average molecular weight is 455 g/mol. The zero-order valence-electron chi connectivity index (χ0n) is 16.2. The lowest BCUT2D eigenvalue weighted by atomic mass is 9.89. The predicted octanol–water partition coefficient (Wildman–Crippen LogP) is 3.34. The first-order chi connectivity index (χ1) is 15.1. The van der Waals surface area contributed by atoms with Crippen molar-refractivity contribution in [2.45, 2.75) is 10.8 Å². The minimum absolute atomic E-state index is 0.0492. The second kappa shape index (κ2) is 8.06. The molecule has 4 aromatic rings. The maximum Gasteiger partial charge on any atom is 0.238 e. The molecular formula is C22H15F2N3O4S. The lowest BCUT2D eigenvalue weighted by Crippen LogP contribution is -2.24. The number of halogens is 2. The van der Waals surface area contributed by atoms with Crippen LogP contribution in [0.1, 0.15) is 32.5 Å². The van der Waals surface area contributed by atoms with E-state index in [0.717, 1.165) is 18.2 Å². The van der Waals surface area contributed by atoms with Crippen LogP contribution in [0.15, 0.2) is 71.6 Å². The molecule has 1 heterocycles. The molecule has 32 heavy (non-hydrogen) atoms.